The molecule has 0 unspecified atom stereocenters. The molecule has 0 radical (unpaired) electrons. The summed E-state index contributed by atoms with van der Waals surface area (Å²) in [6, 6.07) is 5.47. The van der Waals surface area contributed by atoms with Gasteiger partial charge in [-0.25, -0.2) is 4.68 Å². The molecule has 0 spiro atoms. The minimum absolute atomic E-state index is 0.148. The van der Waals surface area contributed by atoms with Crippen molar-refractivity contribution in [3.05, 3.63) is 63.7 Å². The number of aryl methyl sites for hydroxylation is 3. The number of carbonyl (C=O) groups excluding carboxylic acids is 1. The van der Waals surface area contributed by atoms with E-state index in [-0.39, 0.29) is 12.6 Å². The summed E-state index contributed by atoms with van der Waals surface area (Å²) in [5, 5.41) is 9.42. The van der Waals surface area contributed by atoms with Gasteiger partial charge in [0.05, 0.1) is 6.20 Å². The highest BCUT2D eigenvalue weighted by Gasteiger charge is 2.17. The Hall–Kier alpha value is -2.80. The van der Waals surface area contributed by atoms with Crippen molar-refractivity contribution in [2.45, 2.75) is 47.5 Å². The van der Waals surface area contributed by atoms with Crippen molar-refractivity contribution in [1.29, 1.82) is 0 Å². The first kappa shape index (κ1) is 20.9. The Balaban J connectivity index is 1.62. The fourth-order valence-corrected chi connectivity index (χ4v) is 3.27. The van der Waals surface area contributed by atoms with Crippen LogP contribution in [0.15, 0.2) is 30.6 Å². The van der Waals surface area contributed by atoms with Gasteiger partial charge in [0.1, 0.15) is 5.75 Å². The smallest absolute Gasteiger partial charge is 0.274 e. The Morgan fingerprint density at radius 3 is 2.55 bits per heavy atom. The van der Waals surface area contributed by atoms with E-state index < -0.39 is 0 Å². The second-order valence-corrected chi connectivity index (χ2v) is 7.50. The molecular formula is C21H26ClN5O2. The lowest BCUT2D eigenvalue weighted by Gasteiger charge is -2.15. The summed E-state index contributed by atoms with van der Waals surface area (Å²) in [6.45, 7) is 9.43. The highest BCUT2D eigenvalue weighted by molar-refractivity contribution is 6.32. The largest absolute Gasteiger partial charge is 0.471 e. The number of aromatic nitrogens is 4. The average molecular weight is 416 g/mol. The van der Waals surface area contributed by atoms with E-state index in [1.54, 1.807) is 28.9 Å². The number of nitrogens with zero attached hydrogens (tertiary/aromatic N) is 5. The summed E-state index contributed by atoms with van der Waals surface area (Å²) in [7, 11) is 1.76. The summed E-state index contributed by atoms with van der Waals surface area (Å²) in [5.74, 6) is 0.568. The van der Waals surface area contributed by atoms with Crippen LogP contribution in [0.1, 0.15) is 39.8 Å². The van der Waals surface area contributed by atoms with Crippen molar-refractivity contribution in [3.8, 4) is 5.75 Å². The zero-order valence-corrected chi connectivity index (χ0v) is 18.2. The molecule has 2 heterocycles. The quantitative estimate of drug-likeness (QED) is 0.585. The van der Waals surface area contributed by atoms with Crippen molar-refractivity contribution >= 4 is 17.5 Å². The molecule has 2 aromatic heterocycles. The third kappa shape index (κ3) is 4.62. The SMILES string of the molecule is CCn1ncc(CN(C)C(=O)c2ccn(COc3cc(C)c(Cl)c(C)c3)n2)c1C. The van der Waals surface area contributed by atoms with Crippen molar-refractivity contribution in [2.75, 3.05) is 7.05 Å². The maximum atomic E-state index is 12.7. The van der Waals surface area contributed by atoms with Crippen molar-refractivity contribution in [1.82, 2.24) is 24.5 Å². The number of rotatable bonds is 7. The van der Waals surface area contributed by atoms with Gasteiger partial charge < -0.3 is 9.64 Å². The molecule has 3 aromatic rings. The van der Waals surface area contributed by atoms with Crippen LogP contribution in [-0.2, 0) is 19.8 Å². The number of hydrogen-bond donors (Lipinski definition) is 0. The van der Waals surface area contributed by atoms with Gasteiger partial charge in [-0.2, -0.15) is 10.2 Å². The normalized spacial score (nSPS) is 11.0. The van der Waals surface area contributed by atoms with Crippen molar-refractivity contribution in [3.63, 3.8) is 0 Å². The van der Waals surface area contributed by atoms with Crippen LogP contribution in [-0.4, -0.2) is 37.4 Å². The Bertz CT molecular complexity index is 1000. The zero-order valence-electron chi connectivity index (χ0n) is 17.4. The Kier molecular flexibility index (Phi) is 6.27. The standard InChI is InChI=1S/C21H26ClN5O2/c1-6-27-16(4)17(11-23-27)12-25(5)21(28)19-7-8-26(24-19)13-29-18-9-14(2)20(22)15(3)10-18/h7-11H,6,12-13H2,1-5H3. The van der Waals surface area contributed by atoms with E-state index in [1.165, 1.54) is 0 Å². The number of benzene rings is 1. The van der Waals surface area contributed by atoms with E-state index in [9.17, 15) is 4.79 Å². The summed E-state index contributed by atoms with van der Waals surface area (Å²) in [6.07, 6.45) is 3.54. The minimum atomic E-state index is -0.148. The van der Waals surface area contributed by atoms with Gasteiger partial charge in [-0.3, -0.25) is 9.48 Å². The highest BCUT2D eigenvalue weighted by Crippen LogP contribution is 2.26. The molecule has 154 valence electrons. The fraction of sp³-hybridized carbons (Fsp3) is 0.381. The maximum absolute atomic E-state index is 12.7. The molecule has 0 saturated carbocycles. The van der Waals surface area contributed by atoms with Gasteiger partial charge >= 0.3 is 0 Å². The Morgan fingerprint density at radius 1 is 1.24 bits per heavy atom. The van der Waals surface area contributed by atoms with E-state index in [2.05, 4.69) is 10.2 Å². The van der Waals surface area contributed by atoms with Crippen molar-refractivity contribution < 1.29 is 9.53 Å². The predicted molar refractivity (Wildman–Crippen MR) is 112 cm³/mol. The molecule has 0 saturated heterocycles. The second-order valence-electron chi connectivity index (χ2n) is 7.12. The number of carbonyl (C=O) groups is 1. The molecule has 0 aliphatic rings. The van der Waals surface area contributed by atoms with Crippen LogP contribution in [0.5, 0.6) is 5.75 Å². The van der Waals surface area contributed by atoms with Gasteiger partial charge in [-0.15, -0.1) is 0 Å². The topological polar surface area (TPSA) is 65.2 Å². The van der Waals surface area contributed by atoms with Gasteiger partial charge in [0.15, 0.2) is 12.4 Å². The summed E-state index contributed by atoms with van der Waals surface area (Å²) < 4.78 is 9.31. The second kappa shape index (κ2) is 8.69. The molecule has 1 amide bonds. The molecule has 0 bridgehead atoms. The maximum Gasteiger partial charge on any atom is 0.274 e. The van der Waals surface area contributed by atoms with Gasteiger partial charge in [-0.05, 0) is 57.0 Å². The van der Waals surface area contributed by atoms with Crippen LogP contribution in [0.2, 0.25) is 5.02 Å². The van der Waals surface area contributed by atoms with E-state index >= 15 is 0 Å². The van der Waals surface area contributed by atoms with Crippen LogP contribution in [0, 0.1) is 20.8 Å². The van der Waals surface area contributed by atoms with Gasteiger partial charge in [-0.1, -0.05) is 11.6 Å². The molecule has 0 fully saturated rings. The van der Waals surface area contributed by atoms with E-state index in [1.807, 2.05) is 50.7 Å². The molecule has 0 aliphatic carbocycles. The molecule has 7 nitrogen and oxygen atoms in total. The summed E-state index contributed by atoms with van der Waals surface area (Å²) in [5.41, 5.74) is 4.39. The first-order chi connectivity index (χ1) is 13.8. The summed E-state index contributed by atoms with van der Waals surface area (Å²) in [4.78, 5) is 14.4. The predicted octanol–water partition coefficient (Wildman–Crippen LogP) is 3.99. The third-order valence-electron chi connectivity index (χ3n) is 4.89. The third-order valence-corrected chi connectivity index (χ3v) is 5.49. The fourth-order valence-electron chi connectivity index (χ4n) is 3.16. The molecule has 29 heavy (non-hydrogen) atoms. The number of hydrogen-bond acceptors (Lipinski definition) is 4. The van der Waals surface area contributed by atoms with E-state index in [0.29, 0.717) is 18.0 Å². The monoisotopic (exact) mass is 415 g/mol. The van der Waals surface area contributed by atoms with Crippen LogP contribution >= 0.6 is 11.6 Å². The van der Waals surface area contributed by atoms with Gasteiger partial charge in [0.2, 0.25) is 0 Å². The Labute approximate surface area is 175 Å². The van der Waals surface area contributed by atoms with Crippen LogP contribution in [0.4, 0.5) is 0 Å². The number of ether oxygens (including phenoxy) is 1. The summed E-state index contributed by atoms with van der Waals surface area (Å²) >= 11 is 6.19. The lowest BCUT2D eigenvalue weighted by atomic mass is 10.1. The van der Waals surface area contributed by atoms with E-state index in [0.717, 1.165) is 34.0 Å². The first-order valence-electron chi connectivity index (χ1n) is 9.50. The lowest BCUT2D eigenvalue weighted by molar-refractivity contribution is 0.0777. The first-order valence-corrected chi connectivity index (χ1v) is 9.87. The number of amides is 1. The molecule has 0 N–H and O–H groups in total. The minimum Gasteiger partial charge on any atom is -0.471 e. The molecule has 8 heteroatoms. The number of halogens is 1. The van der Waals surface area contributed by atoms with Gasteiger partial charge in [0.25, 0.3) is 5.91 Å². The highest BCUT2D eigenvalue weighted by atomic mass is 35.5. The lowest BCUT2D eigenvalue weighted by Crippen LogP contribution is -2.27. The molecule has 3 rings (SSSR count). The van der Waals surface area contributed by atoms with Gasteiger partial charge in [0, 0.05) is 42.6 Å². The van der Waals surface area contributed by atoms with E-state index in [4.69, 9.17) is 16.3 Å². The van der Waals surface area contributed by atoms with Crippen LogP contribution < -0.4 is 4.74 Å². The molecule has 0 atom stereocenters. The van der Waals surface area contributed by atoms with Crippen LogP contribution in [0.25, 0.3) is 0 Å². The van der Waals surface area contributed by atoms with Crippen LogP contribution in [0.3, 0.4) is 0 Å². The van der Waals surface area contributed by atoms with Crippen molar-refractivity contribution in [2.24, 2.45) is 0 Å². The Morgan fingerprint density at radius 2 is 1.93 bits per heavy atom. The molecular weight excluding hydrogens is 390 g/mol. The molecule has 1 aromatic carbocycles. The zero-order chi connectivity index (χ0) is 21.1. The molecule has 0 aliphatic heterocycles. The average Bonchev–Trinajstić information content (AvgIpc) is 3.30.